The van der Waals surface area contributed by atoms with Crippen LogP contribution in [0.25, 0.3) is 5.69 Å². The quantitative estimate of drug-likeness (QED) is 0.880. The second kappa shape index (κ2) is 7.51. The summed E-state index contributed by atoms with van der Waals surface area (Å²) < 4.78 is 34.6. The lowest BCUT2D eigenvalue weighted by Crippen LogP contribution is -2.27. The number of aromatic nitrogens is 3. The van der Waals surface area contributed by atoms with Gasteiger partial charge in [-0.3, -0.25) is 0 Å². The zero-order valence-electron chi connectivity index (χ0n) is 14.7. The molecule has 0 saturated carbocycles. The van der Waals surface area contributed by atoms with Gasteiger partial charge in [-0.2, -0.15) is 5.10 Å². The predicted molar refractivity (Wildman–Crippen MR) is 90.9 cm³/mol. The number of carbonyl (C=O) groups excluding carboxylic acids is 1. The lowest BCUT2D eigenvalue weighted by molar-refractivity contribution is 0.163. The van der Waals surface area contributed by atoms with E-state index < -0.39 is 35.4 Å². The van der Waals surface area contributed by atoms with Gasteiger partial charge in [-0.25, -0.2) is 27.6 Å². The van der Waals surface area contributed by atoms with Crippen molar-refractivity contribution in [2.24, 2.45) is 11.1 Å². The fourth-order valence-corrected chi connectivity index (χ4v) is 2.27. The van der Waals surface area contributed by atoms with Crippen LogP contribution in [0.3, 0.4) is 0 Å². The van der Waals surface area contributed by atoms with Crippen molar-refractivity contribution in [1.29, 1.82) is 0 Å². The van der Waals surface area contributed by atoms with Gasteiger partial charge in [0.2, 0.25) is 0 Å². The van der Waals surface area contributed by atoms with Gasteiger partial charge in [0.15, 0.2) is 0 Å². The van der Waals surface area contributed by atoms with Crippen molar-refractivity contribution in [3.63, 3.8) is 0 Å². The first-order valence-electron chi connectivity index (χ1n) is 7.80. The topological polar surface area (TPSA) is 92.1 Å². The minimum absolute atomic E-state index is 0.0720. The van der Waals surface area contributed by atoms with Crippen LogP contribution in [0.4, 0.5) is 13.6 Å². The first-order chi connectivity index (χ1) is 12.1. The van der Waals surface area contributed by atoms with Crippen molar-refractivity contribution in [3.8, 4) is 5.69 Å². The van der Waals surface area contributed by atoms with Crippen molar-refractivity contribution in [2.75, 3.05) is 6.61 Å². The first kappa shape index (κ1) is 19.4. The lowest BCUT2D eigenvalue weighted by Gasteiger charge is -2.20. The van der Waals surface area contributed by atoms with Crippen molar-refractivity contribution in [3.05, 3.63) is 58.3 Å². The highest BCUT2D eigenvalue weighted by Crippen LogP contribution is 2.29. The van der Waals surface area contributed by atoms with Crippen LogP contribution < -0.4 is 11.4 Å². The third-order valence-corrected chi connectivity index (χ3v) is 3.54. The van der Waals surface area contributed by atoms with Crippen LogP contribution in [0.2, 0.25) is 0 Å². The van der Waals surface area contributed by atoms with E-state index in [1.807, 2.05) is 0 Å². The van der Waals surface area contributed by atoms with E-state index in [1.165, 1.54) is 35.2 Å². The molecule has 140 valence electrons. The highest BCUT2D eigenvalue weighted by Gasteiger charge is 2.23. The van der Waals surface area contributed by atoms with Gasteiger partial charge in [0.05, 0.1) is 12.2 Å². The summed E-state index contributed by atoms with van der Waals surface area (Å²) in [6, 6.07) is 5.27. The highest BCUT2D eigenvalue weighted by molar-refractivity contribution is 5.64. The molecule has 7 nitrogen and oxygen atoms in total. The van der Waals surface area contributed by atoms with E-state index in [-0.39, 0.29) is 12.1 Å². The zero-order valence-corrected chi connectivity index (χ0v) is 14.7. The third kappa shape index (κ3) is 4.56. The normalized spacial score (nSPS) is 12.7. The number of nitrogens with two attached hydrogens (primary N) is 1. The van der Waals surface area contributed by atoms with Crippen LogP contribution in [0, 0.1) is 11.2 Å². The molecular formula is C17H20F2N4O3. The summed E-state index contributed by atoms with van der Waals surface area (Å²) in [6.45, 7) is 4.32. The van der Waals surface area contributed by atoms with Crippen LogP contribution in [0.15, 0.2) is 46.8 Å². The molecule has 2 aromatic rings. The summed E-state index contributed by atoms with van der Waals surface area (Å²) >= 11 is 0. The Hall–Kier alpha value is -2.97. The molecule has 0 saturated heterocycles. The summed E-state index contributed by atoms with van der Waals surface area (Å²) in [7, 11) is 0. The fraction of sp³-hybridized carbons (Fsp3) is 0.353. The molecule has 0 aliphatic heterocycles. The van der Waals surface area contributed by atoms with Gasteiger partial charge in [-0.1, -0.05) is 20.8 Å². The maximum absolute atomic E-state index is 14.7. The Morgan fingerprint density at radius 1 is 1.27 bits per heavy atom. The van der Waals surface area contributed by atoms with Gasteiger partial charge in [0, 0.05) is 11.0 Å². The molecule has 1 aromatic heterocycles. The van der Waals surface area contributed by atoms with Gasteiger partial charge in [-0.15, -0.1) is 0 Å². The van der Waals surface area contributed by atoms with Crippen LogP contribution in [-0.2, 0) is 11.3 Å². The van der Waals surface area contributed by atoms with Gasteiger partial charge in [0.25, 0.3) is 0 Å². The molecule has 2 N–H and O–H groups in total. The van der Waals surface area contributed by atoms with Gasteiger partial charge in [0.1, 0.15) is 24.6 Å². The van der Waals surface area contributed by atoms with Crippen molar-refractivity contribution < 1.29 is 18.3 Å². The van der Waals surface area contributed by atoms with Crippen molar-refractivity contribution in [1.82, 2.24) is 14.3 Å². The summed E-state index contributed by atoms with van der Waals surface area (Å²) in [4.78, 5) is 23.3. The molecular weight excluding hydrogens is 346 g/mol. The smallest absolute Gasteiger partial charge is 0.404 e. The fourth-order valence-electron chi connectivity index (χ4n) is 2.27. The van der Waals surface area contributed by atoms with E-state index in [0.29, 0.717) is 5.69 Å². The van der Waals surface area contributed by atoms with E-state index in [1.54, 1.807) is 20.8 Å². The van der Waals surface area contributed by atoms with Crippen LogP contribution in [-0.4, -0.2) is 27.0 Å². The molecule has 26 heavy (non-hydrogen) atoms. The molecule has 0 bridgehead atoms. The number of allylic oxidation sites excluding steroid dienone is 1. The molecule has 1 aromatic carbocycles. The van der Waals surface area contributed by atoms with E-state index in [0.717, 1.165) is 4.68 Å². The number of rotatable bonds is 5. The summed E-state index contributed by atoms with van der Waals surface area (Å²) in [5.74, 6) is -0.961. The average Bonchev–Trinajstić information content (AvgIpc) is 2.91. The molecule has 0 fully saturated rings. The Morgan fingerprint density at radius 3 is 2.42 bits per heavy atom. The number of benzene rings is 1. The maximum atomic E-state index is 14.7. The Labute approximate surface area is 148 Å². The molecule has 0 spiro atoms. The summed E-state index contributed by atoms with van der Waals surface area (Å²) in [5.41, 5.74) is 4.03. The molecule has 0 atom stereocenters. The second-order valence-electron chi connectivity index (χ2n) is 6.69. The predicted octanol–water partition coefficient (Wildman–Crippen LogP) is 2.54. The Kier molecular flexibility index (Phi) is 5.59. The van der Waals surface area contributed by atoms with Crippen LogP contribution in [0.5, 0.6) is 0 Å². The molecule has 0 aliphatic carbocycles. The van der Waals surface area contributed by atoms with Crippen LogP contribution in [0.1, 0.15) is 20.8 Å². The number of amides is 1. The SMILES string of the molecule is CC(C)(C)C(F)=C(COC(N)=O)Cn1ncn(-c2ccc(F)cc2)c1=O. The van der Waals surface area contributed by atoms with Gasteiger partial charge >= 0.3 is 11.8 Å². The zero-order chi connectivity index (χ0) is 19.5. The lowest BCUT2D eigenvalue weighted by atomic mass is 9.92. The minimum atomic E-state index is -1.05. The Bertz CT molecular complexity index is 877. The Balaban J connectivity index is 2.36. The number of halogens is 2. The monoisotopic (exact) mass is 366 g/mol. The van der Waals surface area contributed by atoms with E-state index in [2.05, 4.69) is 9.84 Å². The molecule has 0 unspecified atom stereocenters. The number of hydrogen-bond donors (Lipinski definition) is 1. The first-order valence-corrected chi connectivity index (χ1v) is 7.80. The number of hydrogen-bond acceptors (Lipinski definition) is 4. The Morgan fingerprint density at radius 2 is 1.88 bits per heavy atom. The molecule has 9 heteroatoms. The average molecular weight is 366 g/mol. The summed E-state index contributed by atoms with van der Waals surface area (Å²) in [6.07, 6.45) is 0.199. The standard InChI is InChI=1S/C17H20F2N4O3/c1-17(2,3)14(19)11(9-26-15(20)24)8-23-16(25)22(10-21-23)13-6-4-12(18)5-7-13/h4-7,10H,8-9H2,1-3H3,(H2,20,24). The van der Waals surface area contributed by atoms with Gasteiger partial charge in [-0.05, 0) is 24.3 Å². The van der Waals surface area contributed by atoms with Gasteiger partial charge < -0.3 is 10.5 Å². The number of primary amides is 1. The number of carbonyl (C=O) groups is 1. The molecule has 1 heterocycles. The largest absolute Gasteiger partial charge is 0.445 e. The van der Waals surface area contributed by atoms with Crippen molar-refractivity contribution >= 4 is 6.09 Å². The summed E-state index contributed by atoms with van der Waals surface area (Å²) in [5, 5.41) is 3.95. The second-order valence-corrected chi connectivity index (χ2v) is 6.69. The minimum Gasteiger partial charge on any atom is -0.445 e. The molecule has 0 aliphatic rings. The number of ether oxygens (including phenoxy) is 1. The molecule has 0 radical (unpaired) electrons. The van der Waals surface area contributed by atoms with E-state index >= 15 is 0 Å². The van der Waals surface area contributed by atoms with E-state index in [4.69, 9.17) is 5.73 Å². The molecule has 2 rings (SSSR count). The van der Waals surface area contributed by atoms with E-state index in [9.17, 15) is 18.4 Å². The number of nitrogens with zero attached hydrogens (tertiary/aromatic N) is 3. The maximum Gasteiger partial charge on any atom is 0.404 e. The van der Waals surface area contributed by atoms with Crippen molar-refractivity contribution in [2.45, 2.75) is 27.3 Å². The highest BCUT2D eigenvalue weighted by atomic mass is 19.1. The van der Waals surface area contributed by atoms with Crippen LogP contribution >= 0.6 is 0 Å². The third-order valence-electron chi connectivity index (χ3n) is 3.54. The molecule has 1 amide bonds.